The lowest BCUT2D eigenvalue weighted by molar-refractivity contribution is -0.123. The van der Waals surface area contributed by atoms with E-state index in [1.807, 2.05) is 30.3 Å². The third kappa shape index (κ3) is 3.55. The highest BCUT2D eigenvalue weighted by Crippen LogP contribution is 2.24. The van der Waals surface area contributed by atoms with E-state index >= 15 is 0 Å². The van der Waals surface area contributed by atoms with Crippen molar-refractivity contribution in [2.24, 2.45) is 11.7 Å². The summed E-state index contributed by atoms with van der Waals surface area (Å²) in [6.45, 7) is 0. The maximum absolute atomic E-state index is 12.0. The molecule has 1 amide bonds. The predicted molar refractivity (Wildman–Crippen MR) is 73.0 cm³/mol. The van der Waals surface area contributed by atoms with E-state index in [-0.39, 0.29) is 17.9 Å². The van der Waals surface area contributed by atoms with E-state index in [4.69, 9.17) is 11.0 Å². The van der Waals surface area contributed by atoms with Crippen LogP contribution in [0, 0.1) is 17.2 Å². The number of carbonyl (C=O) groups is 1. The van der Waals surface area contributed by atoms with Crippen LogP contribution in [0.2, 0.25) is 0 Å². The zero-order chi connectivity index (χ0) is 13.7. The number of carbonyl (C=O) groups excluding carboxylic acids is 1. The number of nitrogens with one attached hydrogen (secondary N) is 1. The predicted octanol–water partition coefficient (Wildman–Crippen LogP) is 1.36. The minimum absolute atomic E-state index is 0.0284. The standard InChI is InChI=1S/C15H19N3O/c16-10-12-7-4-8-14(12)18-15(19)13(17)9-11-5-2-1-3-6-11/h1-3,5-6,12-14H,4,7-9,17H2,(H,18,19). The van der Waals surface area contributed by atoms with Gasteiger partial charge in [0.25, 0.3) is 0 Å². The Balaban J connectivity index is 1.88. The van der Waals surface area contributed by atoms with E-state index in [0.717, 1.165) is 24.8 Å². The Hall–Kier alpha value is -1.86. The second kappa shape index (κ2) is 6.35. The van der Waals surface area contributed by atoms with Crippen molar-refractivity contribution in [1.29, 1.82) is 5.26 Å². The third-order valence-electron chi connectivity index (χ3n) is 3.64. The van der Waals surface area contributed by atoms with Crippen LogP contribution in [0.1, 0.15) is 24.8 Å². The van der Waals surface area contributed by atoms with E-state index in [2.05, 4.69) is 11.4 Å². The first-order valence-corrected chi connectivity index (χ1v) is 6.70. The highest BCUT2D eigenvalue weighted by Gasteiger charge is 2.29. The number of nitrogens with two attached hydrogens (primary N) is 1. The summed E-state index contributed by atoms with van der Waals surface area (Å²) in [5, 5.41) is 11.9. The summed E-state index contributed by atoms with van der Waals surface area (Å²) in [6.07, 6.45) is 3.27. The average Bonchev–Trinajstić information content (AvgIpc) is 2.87. The Morgan fingerprint density at radius 1 is 1.42 bits per heavy atom. The van der Waals surface area contributed by atoms with Crippen molar-refractivity contribution in [2.45, 2.75) is 37.8 Å². The molecular weight excluding hydrogens is 238 g/mol. The van der Waals surface area contributed by atoms with Gasteiger partial charge < -0.3 is 11.1 Å². The van der Waals surface area contributed by atoms with Gasteiger partial charge in [0, 0.05) is 6.04 Å². The normalized spacial score (nSPS) is 23.6. The lowest BCUT2D eigenvalue weighted by Gasteiger charge is -2.19. The van der Waals surface area contributed by atoms with Gasteiger partial charge in [0.05, 0.1) is 18.0 Å². The second-order valence-corrected chi connectivity index (χ2v) is 5.08. The van der Waals surface area contributed by atoms with Crippen LogP contribution < -0.4 is 11.1 Å². The molecule has 1 aromatic carbocycles. The number of nitrogens with zero attached hydrogens (tertiary/aromatic N) is 1. The summed E-state index contributed by atoms with van der Waals surface area (Å²) >= 11 is 0. The van der Waals surface area contributed by atoms with Crippen molar-refractivity contribution in [3.05, 3.63) is 35.9 Å². The van der Waals surface area contributed by atoms with Gasteiger partial charge in [-0.3, -0.25) is 4.79 Å². The number of rotatable bonds is 4. The Labute approximate surface area is 113 Å². The van der Waals surface area contributed by atoms with Gasteiger partial charge in [0.2, 0.25) is 5.91 Å². The molecule has 4 nitrogen and oxygen atoms in total. The van der Waals surface area contributed by atoms with Gasteiger partial charge in [-0.2, -0.15) is 5.26 Å². The summed E-state index contributed by atoms with van der Waals surface area (Å²) in [5.74, 6) is -0.219. The first-order valence-electron chi connectivity index (χ1n) is 6.70. The van der Waals surface area contributed by atoms with Crippen molar-refractivity contribution in [2.75, 3.05) is 0 Å². The van der Waals surface area contributed by atoms with Gasteiger partial charge >= 0.3 is 0 Å². The summed E-state index contributed by atoms with van der Waals surface area (Å²) in [5.41, 5.74) is 6.97. The highest BCUT2D eigenvalue weighted by molar-refractivity contribution is 5.82. The monoisotopic (exact) mass is 257 g/mol. The molecule has 4 heteroatoms. The Morgan fingerprint density at radius 2 is 2.16 bits per heavy atom. The fourth-order valence-corrected chi connectivity index (χ4v) is 2.54. The molecular formula is C15H19N3O. The van der Waals surface area contributed by atoms with Gasteiger partial charge in [0.15, 0.2) is 0 Å². The molecule has 0 radical (unpaired) electrons. The fraction of sp³-hybridized carbons (Fsp3) is 0.467. The quantitative estimate of drug-likeness (QED) is 0.855. The van der Waals surface area contributed by atoms with Crippen LogP contribution in [0.3, 0.4) is 0 Å². The summed E-state index contributed by atoms with van der Waals surface area (Å²) in [7, 11) is 0. The first-order chi connectivity index (χ1) is 9.20. The minimum atomic E-state index is -0.553. The van der Waals surface area contributed by atoms with Crippen LogP contribution in [0.5, 0.6) is 0 Å². The van der Waals surface area contributed by atoms with Crippen LogP contribution in [-0.4, -0.2) is 18.0 Å². The summed E-state index contributed by atoms with van der Waals surface area (Å²) < 4.78 is 0. The maximum atomic E-state index is 12.0. The molecule has 1 aromatic rings. The van der Waals surface area contributed by atoms with Crippen LogP contribution in [-0.2, 0) is 11.2 Å². The molecule has 100 valence electrons. The molecule has 1 fully saturated rings. The second-order valence-electron chi connectivity index (χ2n) is 5.08. The largest absolute Gasteiger partial charge is 0.351 e. The van der Waals surface area contributed by atoms with Crippen LogP contribution in [0.25, 0.3) is 0 Å². The first kappa shape index (κ1) is 13.6. The van der Waals surface area contributed by atoms with Crippen molar-refractivity contribution >= 4 is 5.91 Å². The number of amides is 1. The Morgan fingerprint density at radius 3 is 2.84 bits per heavy atom. The number of nitriles is 1. The minimum Gasteiger partial charge on any atom is -0.351 e. The maximum Gasteiger partial charge on any atom is 0.237 e. The summed E-state index contributed by atoms with van der Waals surface area (Å²) in [4.78, 5) is 12.0. The Kier molecular flexibility index (Phi) is 4.53. The van der Waals surface area contributed by atoms with Crippen molar-refractivity contribution in [1.82, 2.24) is 5.32 Å². The number of benzene rings is 1. The lowest BCUT2D eigenvalue weighted by atomic mass is 10.0. The number of hydrogen-bond acceptors (Lipinski definition) is 3. The molecule has 0 aromatic heterocycles. The topological polar surface area (TPSA) is 78.9 Å². The van der Waals surface area contributed by atoms with Gasteiger partial charge in [0.1, 0.15) is 0 Å². The van der Waals surface area contributed by atoms with E-state index in [1.54, 1.807) is 0 Å². The van der Waals surface area contributed by atoms with Crippen molar-refractivity contribution in [3.8, 4) is 6.07 Å². The van der Waals surface area contributed by atoms with E-state index < -0.39 is 6.04 Å². The van der Waals surface area contributed by atoms with E-state index in [1.165, 1.54) is 0 Å². The fourth-order valence-electron chi connectivity index (χ4n) is 2.54. The molecule has 1 aliphatic rings. The van der Waals surface area contributed by atoms with E-state index in [0.29, 0.717) is 6.42 Å². The SMILES string of the molecule is N#CC1CCCC1NC(=O)C(N)Cc1ccccc1. The molecule has 3 N–H and O–H groups in total. The highest BCUT2D eigenvalue weighted by atomic mass is 16.2. The molecule has 19 heavy (non-hydrogen) atoms. The van der Waals surface area contributed by atoms with Crippen LogP contribution in [0.15, 0.2) is 30.3 Å². The van der Waals surface area contributed by atoms with Gasteiger partial charge in [-0.25, -0.2) is 0 Å². The molecule has 3 atom stereocenters. The molecule has 0 aliphatic heterocycles. The smallest absolute Gasteiger partial charge is 0.237 e. The van der Waals surface area contributed by atoms with Crippen LogP contribution in [0.4, 0.5) is 0 Å². The molecule has 3 unspecified atom stereocenters. The third-order valence-corrected chi connectivity index (χ3v) is 3.64. The van der Waals surface area contributed by atoms with Crippen LogP contribution >= 0.6 is 0 Å². The molecule has 0 bridgehead atoms. The molecule has 0 spiro atoms. The van der Waals surface area contributed by atoms with Crippen molar-refractivity contribution in [3.63, 3.8) is 0 Å². The molecule has 0 heterocycles. The van der Waals surface area contributed by atoms with Gasteiger partial charge in [-0.15, -0.1) is 0 Å². The van der Waals surface area contributed by atoms with Crippen molar-refractivity contribution < 1.29 is 4.79 Å². The number of hydrogen-bond donors (Lipinski definition) is 2. The zero-order valence-electron chi connectivity index (χ0n) is 10.9. The summed E-state index contributed by atoms with van der Waals surface area (Å²) in [6, 6.07) is 11.4. The van der Waals surface area contributed by atoms with Gasteiger partial charge in [-0.1, -0.05) is 30.3 Å². The lowest BCUT2D eigenvalue weighted by Crippen LogP contribution is -2.47. The Bertz CT molecular complexity index is 466. The molecule has 1 aliphatic carbocycles. The van der Waals surface area contributed by atoms with E-state index in [9.17, 15) is 4.79 Å². The molecule has 0 saturated heterocycles. The molecule has 2 rings (SSSR count). The average molecular weight is 257 g/mol. The molecule has 1 saturated carbocycles. The van der Waals surface area contributed by atoms with Gasteiger partial charge in [-0.05, 0) is 31.2 Å². The zero-order valence-corrected chi connectivity index (χ0v) is 10.9.